The molecule has 0 aromatic carbocycles. The maximum Gasteiger partial charge on any atom is 0.0589 e. The Morgan fingerprint density at radius 3 is 2.56 bits per heavy atom. The number of hydrogen-bond donors (Lipinski definition) is 2. The van der Waals surface area contributed by atoms with Crippen molar-refractivity contribution in [3.05, 3.63) is 0 Å². The van der Waals surface area contributed by atoms with E-state index in [-0.39, 0.29) is 12.6 Å². The molecule has 0 aromatic rings. The minimum Gasteiger partial charge on any atom is -0.395 e. The SMILES string of the molecule is CCCNC(CO)CCN(CC)CCOC. The number of ether oxygens (including phenoxy) is 1. The Morgan fingerprint density at radius 1 is 1.31 bits per heavy atom. The van der Waals surface area contributed by atoms with E-state index < -0.39 is 0 Å². The van der Waals surface area contributed by atoms with Crippen LogP contribution in [0.5, 0.6) is 0 Å². The number of nitrogens with one attached hydrogen (secondary N) is 1. The van der Waals surface area contributed by atoms with Crippen molar-refractivity contribution in [3.8, 4) is 0 Å². The number of rotatable bonds is 11. The largest absolute Gasteiger partial charge is 0.395 e. The van der Waals surface area contributed by atoms with E-state index in [1.165, 1.54) is 0 Å². The van der Waals surface area contributed by atoms with Crippen LogP contribution in [0.25, 0.3) is 0 Å². The van der Waals surface area contributed by atoms with Crippen molar-refractivity contribution in [1.82, 2.24) is 10.2 Å². The molecule has 0 radical (unpaired) electrons. The summed E-state index contributed by atoms with van der Waals surface area (Å²) in [5, 5.41) is 12.6. The first-order valence-corrected chi connectivity index (χ1v) is 6.33. The van der Waals surface area contributed by atoms with Crippen LogP contribution in [0, 0.1) is 0 Å². The quantitative estimate of drug-likeness (QED) is 0.550. The molecule has 0 aliphatic rings. The van der Waals surface area contributed by atoms with E-state index >= 15 is 0 Å². The third-order valence-electron chi connectivity index (χ3n) is 2.76. The Labute approximate surface area is 100.0 Å². The standard InChI is InChI=1S/C12H28N2O2/c1-4-7-13-12(11-15)6-8-14(5-2)9-10-16-3/h12-13,15H,4-11H2,1-3H3. The van der Waals surface area contributed by atoms with E-state index in [2.05, 4.69) is 24.1 Å². The highest BCUT2D eigenvalue weighted by atomic mass is 16.5. The summed E-state index contributed by atoms with van der Waals surface area (Å²) >= 11 is 0. The van der Waals surface area contributed by atoms with E-state index in [9.17, 15) is 5.11 Å². The molecule has 4 nitrogen and oxygen atoms in total. The monoisotopic (exact) mass is 232 g/mol. The van der Waals surface area contributed by atoms with Crippen LogP contribution in [0.15, 0.2) is 0 Å². The van der Waals surface area contributed by atoms with Crippen molar-refractivity contribution < 1.29 is 9.84 Å². The lowest BCUT2D eigenvalue weighted by Crippen LogP contribution is -2.38. The van der Waals surface area contributed by atoms with Crippen molar-refractivity contribution in [2.45, 2.75) is 32.7 Å². The third kappa shape index (κ3) is 8.05. The molecule has 0 heterocycles. The minimum atomic E-state index is 0.224. The van der Waals surface area contributed by atoms with Gasteiger partial charge in [-0.15, -0.1) is 0 Å². The summed E-state index contributed by atoms with van der Waals surface area (Å²) in [6, 6.07) is 0.233. The van der Waals surface area contributed by atoms with Gasteiger partial charge in [0, 0.05) is 19.7 Å². The van der Waals surface area contributed by atoms with Gasteiger partial charge in [0.15, 0.2) is 0 Å². The topological polar surface area (TPSA) is 44.7 Å². The Hall–Kier alpha value is -0.160. The lowest BCUT2D eigenvalue weighted by atomic mass is 10.2. The molecule has 0 fully saturated rings. The summed E-state index contributed by atoms with van der Waals surface area (Å²) in [5.74, 6) is 0. The van der Waals surface area contributed by atoms with Gasteiger partial charge >= 0.3 is 0 Å². The maximum absolute atomic E-state index is 9.21. The van der Waals surface area contributed by atoms with E-state index in [4.69, 9.17) is 4.74 Å². The second kappa shape index (κ2) is 11.3. The first-order chi connectivity index (χ1) is 7.78. The van der Waals surface area contributed by atoms with Gasteiger partial charge in [-0.3, -0.25) is 0 Å². The molecule has 1 atom stereocenters. The van der Waals surface area contributed by atoms with Crippen LogP contribution in [0.1, 0.15) is 26.7 Å². The minimum absolute atomic E-state index is 0.224. The summed E-state index contributed by atoms with van der Waals surface area (Å²) in [7, 11) is 1.73. The van der Waals surface area contributed by atoms with Gasteiger partial charge in [0.2, 0.25) is 0 Å². The lowest BCUT2D eigenvalue weighted by molar-refractivity contribution is 0.143. The predicted octanol–water partition coefficient (Wildman–Crippen LogP) is 0.705. The zero-order valence-electron chi connectivity index (χ0n) is 11.0. The van der Waals surface area contributed by atoms with Crippen LogP contribution in [-0.2, 0) is 4.74 Å². The average molecular weight is 232 g/mol. The van der Waals surface area contributed by atoms with Crippen LogP contribution in [0.3, 0.4) is 0 Å². The van der Waals surface area contributed by atoms with E-state index in [1.54, 1.807) is 7.11 Å². The van der Waals surface area contributed by atoms with Gasteiger partial charge in [0.05, 0.1) is 13.2 Å². The molecule has 0 amide bonds. The van der Waals surface area contributed by atoms with Crippen LogP contribution in [0.4, 0.5) is 0 Å². The molecule has 0 rings (SSSR count). The number of nitrogens with zero attached hydrogens (tertiary/aromatic N) is 1. The van der Waals surface area contributed by atoms with Crippen LogP contribution in [-0.4, -0.2) is 62.6 Å². The molecule has 1 unspecified atom stereocenters. The fourth-order valence-corrected chi connectivity index (χ4v) is 1.59. The molecule has 0 aliphatic carbocycles. The molecule has 0 spiro atoms. The van der Waals surface area contributed by atoms with E-state index in [0.717, 1.165) is 45.6 Å². The predicted molar refractivity (Wildman–Crippen MR) is 67.8 cm³/mol. The highest BCUT2D eigenvalue weighted by molar-refractivity contribution is 4.68. The van der Waals surface area contributed by atoms with Gasteiger partial charge in [-0.05, 0) is 32.5 Å². The van der Waals surface area contributed by atoms with Gasteiger partial charge in [-0.25, -0.2) is 0 Å². The molecule has 0 saturated heterocycles. The Balaban J connectivity index is 3.69. The summed E-state index contributed by atoms with van der Waals surface area (Å²) in [6.45, 7) is 9.30. The summed E-state index contributed by atoms with van der Waals surface area (Å²) in [5.41, 5.74) is 0. The molecule has 0 bridgehead atoms. The normalized spacial score (nSPS) is 13.3. The van der Waals surface area contributed by atoms with Crippen molar-refractivity contribution in [1.29, 1.82) is 0 Å². The molecule has 4 heteroatoms. The fraction of sp³-hybridized carbons (Fsp3) is 1.00. The van der Waals surface area contributed by atoms with Gasteiger partial charge in [0.25, 0.3) is 0 Å². The van der Waals surface area contributed by atoms with Crippen molar-refractivity contribution >= 4 is 0 Å². The number of methoxy groups -OCH3 is 1. The first-order valence-electron chi connectivity index (χ1n) is 6.33. The molecule has 0 aromatic heterocycles. The van der Waals surface area contributed by atoms with Crippen LogP contribution >= 0.6 is 0 Å². The molecule has 16 heavy (non-hydrogen) atoms. The molecule has 2 N–H and O–H groups in total. The smallest absolute Gasteiger partial charge is 0.0589 e. The average Bonchev–Trinajstić information content (AvgIpc) is 2.33. The molecular weight excluding hydrogens is 204 g/mol. The van der Waals surface area contributed by atoms with Crippen LogP contribution < -0.4 is 5.32 Å². The summed E-state index contributed by atoms with van der Waals surface area (Å²) in [4.78, 5) is 2.35. The number of likely N-dealkylation sites (N-methyl/N-ethyl adjacent to an activating group) is 1. The van der Waals surface area contributed by atoms with Crippen LogP contribution in [0.2, 0.25) is 0 Å². The van der Waals surface area contributed by atoms with Gasteiger partial charge in [0.1, 0.15) is 0 Å². The molecule has 0 aliphatic heterocycles. The van der Waals surface area contributed by atoms with E-state index in [1.807, 2.05) is 0 Å². The Morgan fingerprint density at radius 2 is 2.06 bits per heavy atom. The number of aliphatic hydroxyl groups excluding tert-OH is 1. The lowest BCUT2D eigenvalue weighted by Gasteiger charge is -2.23. The Kier molecular flexibility index (Phi) is 11.2. The van der Waals surface area contributed by atoms with Gasteiger partial charge in [-0.1, -0.05) is 13.8 Å². The van der Waals surface area contributed by atoms with Gasteiger partial charge < -0.3 is 20.1 Å². The highest BCUT2D eigenvalue weighted by Crippen LogP contribution is 1.97. The van der Waals surface area contributed by atoms with Gasteiger partial charge in [-0.2, -0.15) is 0 Å². The number of hydrogen-bond acceptors (Lipinski definition) is 4. The Bertz CT molecular complexity index is 129. The summed E-state index contributed by atoms with van der Waals surface area (Å²) in [6.07, 6.45) is 2.10. The van der Waals surface area contributed by atoms with Crippen molar-refractivity contribution in [3.63, 3.8) is 0 Å². The first kappa shape index (κ1) is 15.8. The van der Waals surface area contributed by atoms with Crippen molar-refractivity contribution in [2.24, 2.45) is 0 Å². The molecule has 98 valence electrons. The fourth-order valence-electron chi connectivity index (χ4n) is 1.59. The van der Waals surface area contributed by atoms with Crippen molar-refractivity contribution in [2.75, 3.05) is 46.5 Å². The maximum atomic E-state index is 9.21. The second-order valence-corrected chi connectivity index (χ2v) is 4.05. The number of aliphatic hydroxyl groups is 1. The van der Waals surface area contributed by atoms with E-state index in [0.29, 0.717) is 0 Å². The second-order valence-electron chi connectivity index (χ2n) is 4.05. The summed E-state index contributed by atoms with van der Waals surface area (Å²) < 4.78 is 5.07. The molecule has 0 saturated carbocycles. The third-order valence-corrected chi connectivity index (χ3v) is 2.76. The molecular formula is C12H28N2O2. The highest BCUT2D eigenvalue weighted by Gasteiger charge is 2.08. The zero-order chi connectivity index (χ0) is 12.2. The zero-order valence-corrected chi connectivity index (χ0v) is 11.0.